The summed E-state index contributed by atoms with van der Waals surface area (Å²) in [5, 5.41) is 8.91. The minimum Gasteiger partial charge on any atom is -0.452 e. The molecule has 0 fully saturated rings. The number of hydrogen-bond donors (Lipinski definition) is 0. The highest BCUT2D eigenvalue weighted by molar-refractivity contribution is 5.97. The number of nitriles is 1. The summed E-state index contributed by atoms with van der Waals surface area (Å²) in [6, 6.07) is 16.1. The molecule has 0 spiro atoms. The zero-order chi connectivity index (χ0) is 17.5. The highest BCUT2D eigenvalue weighted by Crippen LogP contribution is 2.14. The Morgan fingerprint density at radius 3 is 2.46 bits per heavy atom. The van der Waals surface area contributed by atoms with Gasteiger partial charge in [0.25, 0.3) is 5.91 Å². The number of nitrogens with zero attached hydrogens (tertiary/aromatic N) is 2. The number of amides is 1. The molecule has 0 aliphatic rings. The van der Waals surface area contributed by atoms with Gasteiger partial charge in [-0.2, -0.15) is 5.26 Å². The summed E-state index contributed by atoms with van der Waals surface area (Å²) in [5.74, 6) is -0.994. The number of carbonyl (C=O) groups excluding carboxylic acids is 2. The van der Waals surface area contributed by atoms with Crippen molar-refractivity contribution in [1.29, 1.82) is 5.26 Å². The van der Waals surface area contributed by atoms with E-state index in [-0.39, 0.29) is 6.54 Å². The maximum Gasteiger partial charge on any atom is 0.338 e. The van der Waals surface area contributed by atoms with Gasteiger partial charge in [-0.25, -0.2) is 4.79 Å². The number of rotatable bonds is 5. The van der Waals surface area contributed by atoms with Crippen LogP contribution < -0.4 is 4.90 Å². The maximum atomic E-state index is 12.3. The van der Waals surface area contributed by atoms with Crippen molar-refractivity contribution in [2.24, 2.45) is 0 Å². The Morgan fingerprint density at radius 2 is 1.83 bits per heavy atom. The fourth-order valence-corrected chi connectivity index (χ4v) is 2.33. The predicted octanol–water partition coefficient (Wildman–Crippen LogP) is 3.02. The second-order valence-electron chi connectivity index (χ2n) is 5.37. The van der Waals surface area contributed by atoms with E-state index in [1.807, 2.05) is 38.1 Å². The summed E-state index contributed by atoms with van der Waals surface area (Å²) >= 11 is 0. The first-order chi connectivity index (χ1) is 11.5. The maximum absolute atomic E-state index is 12.3. The molecule has 0 aromatic heterocycles. The van der Waals surface area contributed by atoms with Crippen molar-refractivity contribution in [3.8, 4) is 6.07 Å². The Labute approximate surface area is 141 Å². The first-order valence-electron chi connectivity index (χ1n) is 7.49. The number of benzene rings is 2. The van der Waals surface area contributed by atoms with Crippen LogP contribution in [0.2, 0.25) is 0 Å². The number of hydrogen-bond acceptors (Lipinski definition) is 4. The minimum atomic E-state index is -0.550. The first kappa shape index (κ1) is 17.2. The van der Waals surface area contributed by atoms with Crippen molar-refractivity contribution in [3.63, 3.8) is 0 Å². The lowest BCUT2D eigenvalue weighted by Gasteiger charge is -2.19. The Kier molecular flexibility index (Phi) is 5.69. The molecular formula is C19H18N2O3. The fourth-order valence-electron chi connectivity index (χ4n) is 2.33. The second kappa shape index (κ2) is 7.93. The van der Waals surface area contributed by atoms with Crippen LogP contribution in [0.5, 0.6) is 0 Å². The Hall–Kier alpha value is -3.13. The van der Waals surface area contributed by atoms with Crippen molar-refractivity contribution < 1.29 is 14.3 Å². The lowest BCUT2D eigenvalue weighted by atomic mass is 10.1. The van der Waals surface area contributed by atoms with E-state index >= 15 is 0 Å². The number of ether oxygens (including phenoxy) is 1. The zero-order valence-electron chi connectivity index (χ0n) is 13.7. The van der Waals surface area contributed by atoms with E-state index in [0.29, 0.717) is 11.3 Å². The lowest BCUT2D eigenvalue weighted by molar-refractivity contribution is -0.121. The molecule has 5 nitrogen and oxygen atoms in total. The number of esters is 1. The number of carbonyl (C=O) groups is 2. The van der Waals surface area contributed by atoms with Gasteiger partial charge in [0.2, 0.25) is 0 Å². The molecule has 0 aliphatic carbocycles. The van der Waals surface area contributed by atoms with E-state index in [1.165, 1.54) is 4.90 Å². The molecule has 0 unspecified atom stereocenters. The molecule has 0 saturated carbocycles. The van der Waals surface area contributed by atoms with Gasteiger partial charge in [-0.1, -0.05) is 35.9 Å². The Balaban J connectivity index is 2.05. The quantitative estimate of drug-likeness (QED) is 0.627. The molecule has 0 atom stereocenters. The molecule has 2 aromatic carbocycles. The molecule has 1 amide bonds. The van der Waals surface area contributed by atoms with Gasteiger partial charge in [0, 0.05) is 5.69 Å². The van der Waals surface area contributed by atoms with Gasteiger partial charge in [0.05, 0.1) is 11.6 Å². The van der Waals surface area contributed by atoms with Crippen LogP contribution in [-0.2, 0) is 9.53 Å². The first-order valence-corrected chi connectivity index (χ1v) is 7.49. The van der Waals surface area contributed by atoms with E-state index in [9.17, 15) is 9.59 Å². The van der Waals surface area contributed by atoms with Gasteiger partial charge in [0.15, 0.2) is 6.61 Å². The average Bonchev–Trinajstić information content (AvgIpc) is 2.58. The van der Waals surface area contributed by atoms with E-state index in [2.05, 4.69) is 0 Å². The Morgan fingerprint density at radius 1 is 1.12 bits per heavy atom. The SMILES string of the molecule is Cc1ccc(C(=O)OCC(=O)N(CC#N)c2ccccc2)c(C)c1. The fraction of sp³-hybridized carbons (Fsp3) is 0.211. The third-order valence-corrected chi connectivity index (χ3v) is 3.53. The van der Waals surface area contributed by atoms with Crippen molar-refractivity contribution in [3.05, 3.63) is 65.2 Å². The normalized spacial score (nSPS) is 9.88. The molecule has 122 valence electrons. The van der Waals surface area contributed by atoms with Crippen molar-refractivity contribution >= 4 is 17.6 Å². The largest absolute Gasteiger partial charge is 0.452 e. The van der Waals surface area contributed by atoms with Gasteiger partial charge in [-0.3, -0.25) is 9.69 Å². The van der Waals surface area contributed by atoms with E-state index in [1.54, 1.807) is 30.3 Å². The summed E-state index contributed by atoms with van der Waals surface area (Å²) in [6.45, 7) is 3.23. The standard InChI is InChI=1S/C19H18N2O3/c1-14-8-9-17(15(2)12-14)19(23)24-13-18(22)21(11-10-20)16-6-4-3-5-7-16/h3-9,12H,11,13H2,1-2H3. The summed E-state index contributed by atoms with van der Waals surface area (Å²) in [4.78, 5) is 25.7. The highest BCUT2D eigenvalue weighted by atomic mass is 16.5. The van der Waals surface area contributed by atoms with Gasteiger partial charge < -0.3 is 4.74 Å². The minimum absolute atomic E-state index is 0.107. The van der Waals surface area contributed by atoms with Crippen LogP contribution in [0.4, 0.5) is 5.69 Å². The van der Waals surface area contributed by atoms with Crippen molar-refractivity contribution in [1.82, 2.24) is 0 Å². The zero-order valence-corrected chi connectivity index (χ0v) is 13.7. The van der Waals surface area contributed by atoms with Crippen LogP contribution in [0.3, 0.4) is 0 Å². The van der Waals surface area contributed by atoms with Gasteiger partial charge in [0.1, 0.15) is 6.54 Å². The van der Waals surface area contributed by atoms with E-state index in [0.717, 1.165) is 11.1 Å². The van der Waals surface area contributed by atoms with Crippen LogP contribution in [0.25, 0.3) is 0 Å². The van der Waals surface area contributed by atoms with E-state index < -0.39 is 18.5 Å². The van der Waals surface area contributed by atoms with Gasteiger partial charge in [-0.05, 0) is 37.6 Å². The van der Waals surface area contributed by atoms with Gasteiger partial charge in [-0.15, -0.1) is 0 Å². The summed E-state index contributed by atoms with van der Waals surface area (Å²) < 4.78 is 5.12. The van der Waals surface area contributed by atoms with Crippen molar-refractivity contribution in [2.45, 2.75) is 13.8 Å². The predicted molar refractivity (Wildman–Crippen MR) is 90.6 cm³/mol. The molecule has 2 rings (SSSR count). The molecule has 0 bridgehead atoms. The molecule has 24 heavy (non-hydrogen) atoms. The number of anilines is 1. The average molecular weight is 322 g/mol. The summed E-state index contributed by atoms with van der Waals surface area (Å²) in [6.07, 6.45) is 0. The second-order valence-corrected chi connectivity index (χ2v) is 5.37. The molecule has 0 heterocycles. The summed E-state index contributed by atoms with van der Waals surface area (Å²) in [5.41, 5.74) is 2.86. The number of aryl methyl sites for hydroxylation is 2. The van der Waals surface area contributed by atoms with Crippen LogP contribution in [0, 0.1) is 25.2 Å². The monoisotopic (exact) mass is 322 g/mol. The highest BCUT2D eigenvalue weighted by Gasteiger charge is 2.18. The molecule has 0 N–H and O–H groups in total. The third kappa shape index (κ3) is 4.20. The van der Waals surface area contributed by atoms with Gasteiger partial charge >= 0.3 is 5.97 Å². The lowest BCUT2D eigenvalue weighted by Crippen LogP contribution is -2.35. The van der Waals surface area contributed by atoms with Crippen molar-refractivity contribution in [2.75, 3.05) is 18.1 Å². The third-order valence-electron chi connectivity index (χ3n) is 3.53. The summed E-state index contributed by atoms with van der Waals surface area (Å²) in [7, 11) is 0. The van der Waals surface area contributed by atoms with Crippen LogP contribution in [0.15, 0.2) is 48.5 Å². The molecule has 0 aliphatic heterocycles. The molecule has 2 aromatic rings. The molecule has 0 saturated heterocycles. The molecule has 5 heteroatoms. The molecule has 0 radical (unpaired) electrons. The Bertz CT molecular complexity index is 779. The molecular weight excluding hydrogens is 304 g/mol. The van der Waals surface area contributed by atoms with E-state index in [4.69, 9.17) is 10.00 Å². The topological polar surface area (TPSA) is 70.4 Å². The van der Waals surface area contributed by atoms with Crippen LogP contribution in [0.1, 0.15) is 21.5 Å². The van der Waals surface area contributed by atoms with Crippen LogP contribution in [-0.4, -0.2) is 25.0 Å². The smallest absolute Gasteiger partial charge is 0.338 e. The van der Waals surface area contributed by atoms with Crippen LogP contribution >= 0.6 is 0 Å². The number of para-hydroxylation sites is 1.